The van der Waals surface area contributed by atoms with Crippen LogP contribution in [0, 0.1) is 0 Å². The van der Waals surface area contributed by atoms with Gasteiger partial charge < -0.3 is 15.8 Å². The molecule has 8 nitrogen and oxygen atoms in total. The van der Waals surface area contributed by atoms with Crippen molar-refractivity contribution in [2.75, 3.05) is 11.9 Å². The predicted molar refractivity (Wildman–Crippen MR) is 110 cm³/mol. The molecule has 0 aliphatic carbocycles. The molecule has 0 aliphatic rings. The molecule has 2 heterocycles. The molecule has 4 rings (SSSR count). The third-order valence-electron chi connectivity index (χ3n) is 4.41. The quantitative estimate of drug-likeness (QED) is 0.504. The second kappa shape index (κ2) is 7.97. The molecular weight excluding hydrogens is 368 g/mol. The largest absolute Gasteiger partial charge is 0.488 e. The smallest absolute Gasteiger partial charge is 0.253 e. The van der Waals surface area contributed by atoms with E-state index >= 15 is 0 Å². The number of benzene rings is 2. The zero-order valence-corrected chi connectivity index (χ0v) is 15.9. The molecule has 0 bridgehead atoms. The first kappa shape index (κ1) is 18.4. The topological polar surface area (TPSA) is 108 Å². The molecule has 2 aromatic carbocycles. The molecule has 0 aliphatic heterocycles. The highest BCUT2D eigenvalue weighted by atomic mass is 16.5. The minimum absolute atomic E-state index is 0.362. The van der Waals surface area contributed by atoms with Crippen molar-refractivity contribution in [2.45, 2.75) is 13.5 Å². The van der Waals surface area contributed by atoms with Crippen LogP contribution in [0.3, 0.4) is 0 Å². The van der Waals surface area contributed by atoms with Crippen molar-refractivity contribution < 1.29 is 9.53 Å². The van der Waals surface area contributed by atoms with Crippen LogP contribution in [-0.4, -0.2) is 32.3 Å². The van der Waals surface area contributed by atoms with Crippen molar-refractivity contribution >= 4 is 22.6 Å². The molecule has 0 saturated heterocycles. The highest BCUT2D eigenvalue weighted by Crippen LogP contribution is 2.25. The number of ether oxygens (including phenoxy) is 1. The van der Waals surface area contributed by atoms with Gasteiger partial charge in [-0.05, 0) is 24.6 Å². The third kappa shape index (κ3) is 3.73. The summed E-state index contributed by atoms with van der Waals surface area (Å²) in [5.74, 6) is 0.977. The molecule has 8 heteroatoms. The van der Waals surface area contributed by atoms with Gasteiger partial charge in [0.05, 0.1) is 30.1 Å². The van der Waals surface area contributed by atoms with Crippen LogP contribution in [0.5, 0.6) is 5.75 Å². The van der Waals surface area contributed by atoms with Gasteiger partial charge in [0.15, 0.2) is 11.6 Å². The van der Waals surface area contributed by atoms with Crippen LogP contribution in [0.15, 0.2) is 60.9 Å². The Labute approximate surface area is 167 Å². The molecule has 29 heavy (non-hydrogen) atoms. The number of hydrogen-bond acceptors (Lipinski definition) is 6. The van der Waals surface area contributed by atoms with Gasteiger partial charge in [-0.15, -0.1) is 0 Å². The van der Waals surface area contributed by atoms with Crippen molar-refractivity contribution in [3.05, 3.63) is 72.1 Å². The molecular formula is C21H20N6O2. The first-order chi connectivity index (χ1) is 14.2. The minimum atomic E-state index is -0.507. The van der Waals surface area contributed by atoms with Crippen LogP contribution in [0.4, 0.5) is 5.82 Å². The molecule has 0 fully saturated rings. The lowest BCUT2D eigenvalue weighted by Gasteiger charge is -2.12. The second-order valence-corrected chi connectivity index (χ2v) is 6.31. The number of hydrogen-bond donors (Lipinski definition) is 2. The van der Waals surface area contributed by atoms with E-state index in [1.807, 2.05) is 43.3 Å². The number of primary amides is 1. The Bertz CT molecular complexity index is 1160. The number of nitrogens with zero attached hydrogens (tertiary/aromatic N) is 4. The molecule has 0 radical (unpaired) electrons. The van der Waals surface area contributed by atoms with E-state index < -0.39 is 5.91 Å². The number of carbonyl (C=O) groups is 1. The zero-order chi connectivity index (χ0) is 20.2. The standard InChI is InChI=1S/C21H20N6O2/c1-2-29-18-13-24-21(26-20(18)23-11-14-7-4-3-5-8-14)27-17-10-6-9-15(19(22)28)16(17)12-25-27/h3-10,12-13H,2,11H2,1H3,(H2,22,28)(H,23,24,26). The minimum Gasteiger partial charge on any atom is -0.488 e. The number of anilines is 1. The fourth-order valence-electron chi connectivity index (χ4n) is 3.06. The maximum Gasteiger partial charge on any atom is 0.253 e. The molecule has 4 aromatic rings. The van der Waals surface area contributed by atoms with Gasteiger partial charge in [0.25, 0.3) is 5.95 Å². The monoisotopic (exact) mass is 388 g/mol. The number of aromatic nitrogens is 4. The predicted octanol–water partition coefficient (Wildman–Crippen LogP) is 2.93. The van der Waals surface area contributed by atoms with Crippen LogP contribution in [0.25, 0.3) is 16.9 Å². The van der Waals surface area contributed by atoms with E-state index in [1.165, 1.54) is 0 Å². The molecule has 0 atom stereocenters. The fraction of sp³-hybridized carbons (Fsp3) is 0.143. The van der Waals surface area contributed by atoms with E-state index in [9.17, 15) is 4.79 Å². The van der Waals surface area contributed by atoms with E-state index in [1.54, 1.807) is 29.2 Å². The van der Waals surface area contributed by atoms with Gasteiger partial charge in [0.1, 0.15) is 0 Å². The van der Waals surface area contributed by atoms with Crippen LogP contribution >= 0.6 is 0 Å². The summed E-state index contributed by atoms with van der Waals surface area (Å²) in [4.78, 5) is 20.7. The number of fused-ring (bicyclic) bond motifs is 1. The first-order valence-corrected chi connectivity index (χ1v) is 9.22. The van der Waals surface area contributed by atoms with Crippen LogP contribution in [-0.2, 0) is 6.54 Å². The van der Waals surface area contributed by atoms with Crippen molar-refractivity contribution in [1.82, 2.24) is 19.7 Å². The Kier molecular flexibility index (Phi) is 5.07. The lowest BCUT2D eigenvalue weighted by Crippen LogP contribution is -2.11. The Balaban J connectivity index is 1.72. The van der Waals surface area contributed by atoms with Gasteiger partial charge in [-0.1, -0.05) is 36.4 Å². The Morgan fingerprint density at radius 2 is 1.97 bits per heavy atom. The molecule has 0 spiro atoms. The highest BCUT2D eigenvalue weighted by molar-refractivity contribution is 6.05. The third-order valence-corrected chi connectivity index (χ3v) is 4.41. The number of amides is 1. The summed E-state index contributed by atoms with van der Waals surface area (Å²) < 4.78 is 7.23. The molecule has 0 saturated carbocycles. The van der Waals surface area contributed by atoms with E-state index in [-0.39, 0.29) is 0 Å². The number of rotatable bonds is 7. The average Bonchev–Trinajstić information content (AvgIpc) is 3.18. The second-order valence-electron chi connectivity index (χ2n) is 6.31. The fourth-order valence-corrected chi connectivity index (χ4v) is 3.06. The maximum absolute atomic E-state index is 11.7. The lowest BCUT2D eigenvalue weighted by molar-refractivity contribution is 0.100. The number of carbonyl (C=O) groups excluding carboxylic acids is 1. The molecule has 146 valence electrons. The van der Waals surface area contributed by atoms with Crippen molar-refractivity contribution in [3.63, 3.8) is 0 Å². The highest BCUT2D eigenvalue weighted by Gasteiger charge is 2.15. The van der Waals surface area contributed by atoms with Crippen molar-refractivity contribution in [3.8, 4) is 11.7 Å². The maximum atomic E-state index is 11.7. The SMILES string of the molecule is CCOc1cnc(-n2ncc3c(C(N)=O)cccc32)nc1NCc1ccccc1. The van der Waals surface area contributed by atoms with Gasteiger partial charge in [0.2, 0.25) is 5.91 Å². The summed E-state index contributed by atoms with van der Waals surface area (Å²) in [5, 5.41) is 8.31. The van der Waals surface area contributed by atoms with Crippen LogP contribution in [0.2, 0.25) is 0 Å². The van der Waals surface area contributed by atoms with Gasteiger partial charge >= 0.3 is 0 Å². The molecule has 2 aromatic heterocycles. The summed E-state index contributed by atoms with van der Waals surface area (Å²) in [6.07, 6.45) is 3.21. The van der Waals surface area contributed by atoms with Gasteiger partial charge in [-0.2, -0.15) is 14.8 Å². The molecule has 0 unspecified atom stereocenters. The molecule has 3 N–H and O–H groups in total. The van der Waals surface area contributed by atoms with E-state index in [4.69, 9.17) is 10.5 Å². The Morgan fingerprint density at radius 1 is 1.14 bits per heavy atom. The van der Waals surface area contributed by atoms with Crippen molar-refractivity contribution in [1.29, 1.82) is 0 Å². The first-order valence-electron chi connectivity index (χ1n) is 9.22. The Hall–Kier alpha value is -3.94. The summed E-state index contributed by atoms with van der Waals surface area (Å²) >= 11 is 0. The lowest BCUT2D eigenvalue weighted by atomic mass is 10.1. The van der Waals surface area contributed by atoms with Gasteiger partial charge in [0, 0.05) is 11.9 Å². The average molecular weight is 388 g/mol. The van der Waals surface area contributed by atoms with Crippen molar-refractivity contribution in [2.24, 2.45) is 5.73 Å². The van der Waals surface area contributed by atoms with Crippen LogP contribution < -0.4 is 15.8 Å². The van der Waals surface area contributed by atoms with E-state index in [0.717, 1.165) is 5.56 Å². The molecule has 1 amide bonds. The summed E-state index contributed by atoms with van der Waals surface area (Å²) in [7, 11) is 0. The number of nitrogens with one attached hydrogen (secondary N) is 1. The summed E-state index contributed by atoms with van der Waals surface area (Å²) in [6, 6.07) is 15.3. The van der Waals surface area contributed by atoms with Gasteiger partial charge in [-0.3, -0.25) is 4.79 Å². The zero-order valence-electron chi connectivity index (χ0n) is 15.9. The normalized spacial score (nSPS) is 10.8. The van der Waals surface area contributed by atoms with E-state index in [2.05, 4.69) is 20.4 Å². The van der Waals surface area contributed by atoms with Crippen LogP contribution in [0.1, 0.15) is 22.8 Å². The van der Waals surface area contributed by atoms with E-state index in [0.29, 0.717) is 47.1 Å². The summed E-state index contributed by atoms with van der Waals surface area (Å²) in [5.41, 5.74) is 7.68. The summed E-state index contributed by atoms with van der Waals surface area (Å²) in [6.45, 7) is 2.99. The van der Waals surface area contributed by atoms with Gasteiger partial charge in [-0.25, -0.2) is 4.98 Å². The number of nitrogens with two attached hydrogens (primary N) is 1. The Morgan fingerprint density at radius 3 is 2.72 bits per heavy atom.